The second kappa shape index (κ2) is 6.07. The molecule has 2 aromatic heterocycles. The molecule has 0 radical (unpaired) electrons. The highest BCUT2D eigenvalue weighted by atomic mass is 16.5. The minimum Gasteiger partial charge on any atom is -0.424 e. The van der Waals surface area contributed by atoms with Crippen LogP contribution in [-0.4, -0.2) is 21.9 Å². The van der Waals surface area contributed by atoms with Crippen LogP contribution in [0.1, 0.15) is 13.8 Å². The largest absolute Gasteiger partial charge is 0.424 e. The van der Waals surface area contributed by atoms with E-state index in [-0.39, 0.29) is 11.9 Å². The van der Waals surface area contributed by atoms with Crippen molar-refractivity contribution in [3.8, 4) is 22.6 Å². The standard InChI is InChI=1S/C20H16N2O4/c1-11(23)25-17-5-3-13(15-7-9-21-19(15)17)14-4-6-18(26-12(2)24)20-16(14)8-10-22-20/h3-10,21-22H,1-2H3. The predicted octanol–water partition coefficient (Wildman–Crippen LogP) is 4.17. The summed E-state index contributed by atoms with van der Waals surface area (Å²) in [6.07, 6.45) is 3.62. The predicted molar refractivity (Wildman–Crippen MR) is 98.2 cm³/mol. The average Bonchev–Trinajstić information content (AvgIpc) is 3.24. The molecule has 0 atom stereocenters. The molecule has 4 aromatic rings. The first-order valence-corrected chi connectivity index (χ1v) is 8.12. The van der Waals surface area contributed by atoms with Crippen molar-refractivity contribution < 1.29 is 19.1 Å². The van der Waals surface area contributed by atoms with Gasteiger partial charge < -0.3 is 19.4 Å². The molecule has 0 fully saturated rings. The number of esters is 2. The highest BCUT2D eigenvalue weighted by Gasteiger charge is 2.16. The Morgan fingerprint density at radius 1 is 0.692 bits per heavy atom. The number of H-pyrrole nitrogens is 2. The molecule has 4 rings (SSSR count). The number of hydrogen-bond donors (Lipinski definition) is 2. The van der Waals surface area contributed by atoms with Gasteiger partial charge in [0.25, 0.3) is 0 Å². The summed E-state index contributed by atoms with van der Waals surface area (Å²) >= 11 is 0. The molecular formula is C20H16N2O4. The Hall–Kier alpha value is -3.54. The highest BCUT2D eigenvalue weighted by molar-refractivity contribution is 6.07. The number of ether oxygens (including phenoxy) is 2. The van der Waals surface area contributed by atoms with Crippen molar-refractivity contribution >= 4 is 33.7 Å². The van der Waals surface area contributed by atoms with Gasteiger partial charge in [0.05, 0.1) is 11.0 Å². The van der Waals surface area contributed by atoms with E-state index in [0.717, 1.165) is 32.9 Å². The zero-order chi connectivity index (χ0) is 18.3. The summed E-state index contributed by atoms with van der Waals surface area (Å²) in [5.41, 5.74) is 3.48. The summed E-state index contributed by atoms with van der Waals surface area (Å²) in [6.45, 7) is 2.75. The molecule has 0 aliphatic heterocycles. The maximum atomic E-state index is 11.3. The molecule has 0 saturated heterocycles. The van der Waals surface area contributed by atoms with E-state index in [2.05, 4.69) is 9.97 Å². The summed E-state index contributed by atoms with van der Waals surface area (Å²) in [5.74, 6) is 0.242. The molecule has 130 valence electrons. The quantitative estimate of drug-likeness (QED) is 0.430. The summed E-state index contributed by atoms with van der Waals surface area (Å²) in [5, 5.41) is 1.87. The number of nitrogens with one attached hydrogen (secondary N) is 2. The van der Waals surface area contributed by atoms with Crippen LogP contribution in [0.25, 0.3) is 32.9 Å². The van der Waals surface area contributed by atoms with Crippen LogP contribution in [0.5, 0.6) is 11.5 Å². The van der Waals surface area contributed by atoms with Gasteiger partial charge in [-0.05, 0) is 47.5 Å². The Labute approximate surface area is 148 Å². The molecule has 6 heteroatoms. The number of benzene rings is 2. The fourth-order valence-corrected chi connectivity index (χ4v) is 3.21. The number of aromatic nitrogens is 2. The van der Waals surface area contributed by atoms with Crippen LogP contribution in [0, 0.1) is 0 Å². The minimum absolute atomic E-state index is 0.368. The maximum Gasteiger partial charge on any atom is 0.308 e. The number of fused-ring (bicyclic) bond motifs is 2. The summed E-state index contributed by atoms with van der Waals surface area (Å²) in [6, 6.07) is 11.3. The Bertz CT molecular complexity index is 1060. The third-order valence-electron chi connectivity index (χ3n) is 4.17. The lowest BCUT2D eigenvalue weighted by Crippen LogP contribution is -2.02. The van der Waals surface area contributed by atoms with E-state index in [0.29, 0.717) is 11.5 Å². The summed E-state index contributed by atoms with van der Waals surface area (Å²) in [7, 11) is 0. The van der Waals surface area contributed by atoms with E-state index in [1.54, 1.807) is 12.1 Å². The molecule has 0 aliphatic carbocycles. The average molecular weight is 348 g/mol. The van der Waals surface area contributed by atoms with Gasteiger partial charge in [-0.3, -0.25) is 9.59 Å². The molecule has 0 bridgehead atoms. The van der Waals surface area contributed by atoms with E-state index in [4.69, 9.17) is 9.47 Å². The molecular weight excluding hydrogens is 332 g/mol. The molecule has 26 heavy (non-hydrogen) atoms. The molecule has 0 unspecified atom stereocenters. The lowest BCUT2D eigenvalue weighted by molar-refractivity contribution is -0.132. The normalized spacial score (nSPS) is 11.0. The number of aromatic amines is 2. The fourth-order valence-electron chi connectivity index (χ4n) is 3.21. The highest BCUT2D eigenvalue weighted by Crippen LogP contribution is 2.39. The maximum absolute atomic E-state index is 11.3. The summed E-state index contributed by atoms with van der Waals surface area (Å²) < 4.78 is 10.6. The zero-order valence-electron chi connectivity index (χ0n) is 14.3. The van der Waals surface area contributed by atoms with E-state index in [1.165, 1.54) is 13.8 Å². The van der Waals surface area contributed by atoms with Crippen LogP contribution in [0.3, 0.4) is 0 Å². The number of rotatable bonds is 3. The van der Waals surface area contributed by atoms with Crippen LogP contribution in [0.15, 0.2) is 48.8 Å². The lowest BCUT2D eigenvalue weighted by Gasteiger charge is -2.11. The van der Waals surface area contributed by atoms with Crippen LogP contribution in [-0.2, 0) is 9.59 Å². The fraction of sp³-hybridized carbons (Fsp3) is 0.100. The van der Waals surface area contributed by atoms with E-state index >= 15 is 0 Å². The first-order valence-electron chi connectivity index (χ1n) is 8.12. The van der Waals surface area contributed by atoms with Gasteiger partial charge in [-0.15, -0.1) is 0 Å². The Kier molecular flexibility index (Phi) is 3.73. The van der Waals surface area contributed by atoms with Crippen LogP contribution < -0.4 is 9.47 Å². The molecule has 6 nitrogen and oxygen atoms in total. The Morgan fingerprint density at radius 3 is 1.50 bits per heavy atom. The van der Waals surface area contributed by atoms with Crippen molar-refractivity contribution in [2.45, 2.75) is 13.8 Å². The monoisotopic (exact) mass is 348 g/mol. The van der Waals surface area contributed by atoms with E-state index in [9.17, 15) is 9.59 Å². The first kappa shape index (κ1) is 16.0. The smallest absolute Gasteiger partial charge is 0.308 e. The molecule has 2 N–H and O–H groups in total. The van der Waals surface area contributed by atoms with Gasteiger partial charge in [0.15, 0.2) is 11.5 Å². The molecule has 0 amide bonds. The van der Waals surface area contributed by atoms with Gasteiger partial charge in [0.2, 0.25) is 0 Å². The van der Waals surface area contributed by atoms with Crippen LogP contribution in [0.4, 0.5) is 0 Å². The molecule has 0 saturated carbocycles. The zero-order valence-corrected chi connectivity index (χ0v) is 14.3. The second-order valence-corrected chi connectivity index (χ2v) is 5.94. The van der Waals surface area contributed by atoms with Crippen molar-refractivity contribution in [1.82, 2.24) is 9.97 Å². The van der Waals surface area contributed by atoms with Gasteiger partial charge in [-0.2, -0.15) is 0 Å². The first-order chi connectivity index (χ1) is 12.5. The lowest BCUT2D eigenvalue weighted by atomic mass is 9.98. The van der Waals surface area contributed by atoms with Gasteiger partial charge in [0, 0.05) is 37.0 Å². The van der Waals surface area contributed by atoms with Crippen molar-refractivity contribution in [3.63, 3.8) is 0 Å². The van der Waals surface area contributed by atoms with Gasteiger partial charge >= 0.3 is 11.9 Å². The Morgan fingerprint density at radius 2 is 1.12 bits per heavy atom. The van der Waals surface area contributed by atoms with Crippen LogP contribution in [0.2, 0.25) is 0 Å². The van der Waals surface area contributed by atoms with Crippen molar-refractivity contribution in [3.05, 3.63) is 48.8 Å². The Balaban J connectivity index is 1.91. The molecule has 0 spiro atoms. The molecule has 2 heterocycles. The molecule has 0 aliphatic rings. The van der Waals surface area contributed by atoms with Gasteiger partial charge in [-0.1, -0.05) is 0 Å². The van der Waals surface area contributed by atoms with Crippen molar-refractivity contribution in [2.75, 3.05) is 0 Å². The van der Waals surface area contributed by atoms with Gasteiger partial charge in [-0.25, -0.2) is 0 Å². The third kappa shape index (κ3) is 2.61. The molecule has 2 aromatic carbocycles. The van der Waals surface area contributed by atoms with Crippen LogP contribution >= 0.6 is 0 Å². The minimum atomic E-state index is -0.368. The number of carbonyl (C=O) groups excluding carboxylic acids is 2. The summed E-state index contributed by atoms with van der Waals surface area (Å²) in [4.78, 5) is 28.9. The number of carbonyl (C=O) groups is 2. The van der Waals surface area contributed by atoms with Gasteiger partial charge in [0.1, 0.15) is 0 Å². The van der Waals surface area contributed by atoms with E-state index in [1.807, 2.05) is 36.7 Å². The second-order valence-electron chi connectivity index (χ2n) is 5.94. The third-order valence-corrected chi connectivity index (χ3v) is 4.17. The topological polar surface area (TPSA) is 84.2 Å². The van der Waals surface area contributed by atoms with Crippen molar-refractivity contribution in [1.29, 1.82) is 0 Å². The SMILES string of the molecule is CC(=O)Oc1ccc(-c2ccc(OC(C)=O)c3[nH]ccc23)c2cc[nH]c12. The van der Waals surface area contributed by atoms with E-state index < -0.39 is 0 Å². The number of hydrogen-bond acceptors (Lipinski definition) is 4. The van der Waals surface area contributed by atoms with Crippen molar-refractivity contribution in [2.24, 2.45) is 0 Å².